The van der Waals surface area contributed by atoms with Crippen molar-refractivity contribution in [1.29, 1.82) is 0 Å². The molecule has 1 aliphatic rings. The first kappa shape index (κ1) is 21.7. The first-order chi connectivity index (χ1) is 14.2. The Labute approximate surface area is 177 Å². The number of aromatic nitrogens is 1. The zero-order chi connectivity index (χ0) is 21.8. The van der Waals surface area contributed by atoms with Crippen LogP contribution in [-0.4, -0.2) is 64.4 Å². The minimum absolute atomic E-state index is 0.00183. The Morgan fingerprint density at radius 1 is 1.27 bits per heavy atom. The van der Waals surface area contributed by atoms with Gasteiger partial charge in [0.15, 0.2) is 0 Å². The molecule has 0 spiro atoms. The maximum atomic E-state index is 12.5. The number of nitrogens with zero attached hydrogens (tertiary/aromatic N) is 4. The quantitative estimate of drug-likeness (QED) is 0.545. The largest absolute Gasteiger partial charge is 0.361 e. The average molecular weight is 436 g/mol. The van der Waals surface area contributed by atoms with E-state index in [9.17, 15) is 19.7 Å². The topological polar surface area (TPSA) is 122 Å². The van der Waals surface area contributed by atoms with E-state index in [0.717, 1.165) is 11.3 Å². The van der Waals surface area contributed by atoms with E-state index < -0.39 is 4.92 Å². The second kappa shape index (κ2) is 9.23. The van der Waals surface area contributed by atoms with Gasteiger partial charge in [0, 0.05) is 43.5 Å². The molecule has 160 valence electrons. The van der Waals surface area contributed by atoms with Crippen molar-refractivity contribution in [3.63, 3.8) is 0 Å². The zero-order valence-electron chi connectivity index (χ0n) is 16.7. The lowest BCUT2D eigenvalue weighted by atomic mass is 10.1. The minimum atomic E-state index is -0.600. The number of piperazine rings is 1. The van der Waals surface area contributed by atoms with Crippen LogP contribution in [0.3, 0.4) is 0 Å². The lowest BCUT2D eigenvalue weighted by molar-refractivity contribution is -0.384. The van der Waals surface area contributed by atoms with Crippen LogP contribution in [0.25, 0.3) is 0 Å². The maximum absolute atomic E-state index is 12.5. The van der Waals surface area contributed by atoms with E-state index in [0.29, 0.717) is 37.6 Å². The standard InChI is InChI=1S/C19H22ClN5O5/c1-12-15(13(2)30-22-12)10-19(27)24-7-5-23(6-8-24)11-18(26)21-14-3-4-16(20)17(9-14)25(28)29/h3-4,9H,5-8,10-11H2,1-2H3,(H,21,26). The molecule has 3 rings (SSSR count). The molecule has 1 aromatic heterocycles. The fraction of sp³-hybridized carbons (Fsp3) is 0.421. The van der Waals surface area contributed by atoms with E-state index in [1.54, 1.807) is 11.8 Å². The van der Waals surface area contributed by atoms with Gasteiger partial charge in [0.05, 0.1) is 23.6 Å². The molecule has 2 amide bonds. The average Bonchev–Trinajstić information content (AvgIpc) is 3.01. The van der Waals surface area contributed by atoms with Crippen LogP contribution in [0.15, 0.2) is 22.7 Å². The van der Waals surface area contributed by atoms with Gasteiger partial charge in [0.1, 0.15) is 10.8 Å². The van der Waals surface area contributed by atoms with Gasteiger partial charge in [0.2, 0.25) is 11.8 Å². The molecule has 1 aromatic carbocycles. The molecule has 30 heavy (non-hydrogen) atoms. The molecular formula is C19H22ClN5O5. The van der Waals surface area contributed by atoms with Crippen LogP contribution in [0, 0.1) is 24.0 Å². The van der Waals surface area contributed by atoms with Gasteiger partial charge < -0.3 is 14.7 Å². The van der Waals surface area contributed by atoms with Gasteiger partial charge in [-0.25, -0.2) is 0 Å². The number of carbonyl (C=O) groups is 2. The molecule has 2 heterocycles. The summed E-state index contributed by atoms with van der Waals surface area (Å²) < 4.78 is 5.10. The molecule has 1 fully saturated rings. The lowest BCUT2D eigenvalue weighted by Gasteiger charge is -2.34. The van der Waals surface area contributed by atoms with Crippen LogP contribution < -0.4 is 5.32 Å². The Hall–Kier alpha value is -2.98. The SMILES string of the molecule is Cc1noc(C)c1CC(=O)N1CCN(CC(=O)Nc2ccc(Cl)c([N+](=O)[O-])c2)CC1. The normalized spacial score (nSPS) is 14.6. The van der Waals surface area contributed by atoms with Gasteiger partial charge in [-0.1, -0.05) is 16.8 Å². The summed E-state index contributed by atoms with van der Waals surface area (Å²) in [6, 6.07) is 4.11. The van der Waals surface area contributed by atoms with Crippen LogP contribution in [0.2, 0.25) is 5.02 Å². The van der Waals surface area contributed by atoms with Crippen LogP contribution in [0.1, 0.15) is 17.0 Å². The molecule has 0 atom stereocenters. The predicted octanol–water partition coefficient (Wildman–Crippen LogP) is 2.18. The first-order valence-electron chi connectivity index (χ1n) is 9.40. The van der Waals surface area contributed by atoms with Gasteiger partial charge in [-0.3, -0.25) is 24.6 Å². The lowest BCUT2D eigenvalue weighted by Crippen LogP contribution is -2.50. The molecule has 1 aliphatic heterocycles. The third-order valence-electron chi connectivity index (χ3n) is 5.03. The van der Waals surface area contributed by atoms with Gasteiger partial charge >= 0.3 is 0 Å². The maximum Gasteiger partial charge on any atom is 0.289 e. The Balaban J connectivity index is 1.48. The number of nitro groups is 1. The monoisotopic (exact) mass is 435 g/mol. The van der Waals surface area contributed by atoms with Crippen molar-refractivity contribution in [3.8, 4) is 0 Å². The summed E-state index contributed by atoms with van der Waals surface area (Å²) in [4.78, 5) is 38.9. The number of carbonyl (C=O) groups excluding carboxylic acids is 2. The van der Waals surface area contributed by atoms with Crippen molar-refractivity contribution in [1.82, 2.24) is 15.0 Å². The Bertz CT molecular complexity index is 949. The number of amides is 2. The van der Waals surface area contributed by atoms with E-state index in [-0.39, 0.29) is 35.5 Å². The molecule has 1 N–H and O–H groups in total. The molecule has 0 bridgehead atoms. The number of halogens is 1. The van der Waals surface area contributed by atoms with E-state index in [4.69, 9.17) is 16.1 Å². The van der Waals surface area contributed by atoms with E-state index in [2.05, 4.69) is 10.5 Å². The molecular weight excluding hydrogens is 414 g/mol. The van der Waals surface area contributed by atoms with Crippen molar-refractivity contribution in [2.24, 2.45) is 0 Å². The fourth-order valence-corrected chi connectivity index (χ4v) is 3.49. The highest BCUT2D eigenvalue weighted by Crippen LogP contribution is 2.27. The Morgan fingerprint density at radius 2 is 1.97 bits per heavy atom. The van der Waals surface area contributed by atoms with Crippen molar-refractivity contribution < 1.29 is 19.0 Å². The van der Waals surface area contributed by atoms with Crippen molar-refractivity contribution in [2.75, 3.05) is 38.0 Å². The summed E-state index contributed by atoms with van der Waals surface area (Å²) in [6.45, 7) is 5.87. The molecule has 0 unspecified atom stereocenters. The number of aryl methyl sites for hydroxylation is 2. The smallest absolute Gasteiger partial charge is 0.289 e. The molecule has 0 aliphatic carbocycles. The second-order valence-electron chi connectivity index (χ2n) is 7.11. The van der Waals surface area contributed by atoms with E-state index >= 15 is 0 Å². The number of hydrogen-bond donors (Lipinski definition) is 1. The highest BCUT2D eigenvalue weighted by Gasteiger charge is 2.24. The summed E-state index contributed by atoms with van der Waals surface area (Å²) in [5.41, 5.74) is 1.58. The van der Waals surface area contributed by atoms with Crippen molar-refractivity contribution >= 4 is 34.8 Å². The molecule has 10 nitrogen and oxygen atoms in total. The molecule has 1 saturated heterocycles. The zero-order valence-corrected chi connectivity index (χ0v) is 17.4. The molecule has 0 radical (unpaired) electrons. The van der Waals surface area contributed by atoms with Gasteiger partial charge in [0.25, 0.3) is 5.69 Å². The van der Waals surface area contributed by atoms with E-state index in [1.807, 2.05) is 11.8 Å². The molecule has 0 saturated carbocycles. The number of nitro benzene ring substituents is 1. The van der Waals surface area contributed by atoms with Crippen LogP contribution in [0.4, 0.5) is 11.4 Å². The second-order valence-corrected chi connectivity index (χ2v) is 7.52. The Morgan fingerprint density at radius 3 is 2.57 bits per heavy atom. The highest BCUT2D eigenvalue weighted by molar-refractivity contribution is 6.32. The third-order valence-corrected chi connectivity index (χ3v) is 5.35. The predicted molar refractivity (Wildman–Crippen MR) is 109 cm³/mol. The first-order valence-corrected chi connectivity index (χ1v) is 9.78. The van der Waals surface area contributed by atoms with Crippen LogP contribution >= 0.6 is 11.6 Å². The van der Waals surface area contributed by atoms with Crippen LogP contribution in [-0.2, 0) is 16.0 Å². The third kappa shape index (κ3) is 5.14. The number of nitrogens with one attached hydrogen (secondary N) is 1. The minimum Gasteiger partial charge on any atom is -0.361 e. The Kier molecular flexibility index (Phi) is 6.68. The molecule has 2 aromatic rings. The summed E-state index contributed by atoms with van der Waals surface area (Å²) in [7, 11) is 0. The summed E-state index contributed by atoms with van der Waals surface area (Å²) >= 11 is 5.78. The van der Waals surface area contributed by atoms with Crippen molar-refractivity contribution in [2.45, 2.75) is 20.3 Å². The highest BCUT2D eigenvalue weighted by atomic mass is 35.5. The van der Waals surface area contributed by atoms with E-state index in [1.165, 1.54) is 18.2 Å². The summed E-state index contributed by atoms with van der Waals surface area (Å²) in [6.07, 6.45) is 0.247. The van der Waals surface area contributed by atoms with Gasteiger partial charge in [-0.15, -0.1) is 0 Å². The number of hydrogen-bond acceptors (Lipinski definition) is 7. The molecule has 11 heteroatoms. The summed E-state index contributed by atoms with van der Waals surface area (Å²) in [5.74, 6) is 0.364. The van der Waals surface area contributed by atoms with Gasteiger partial charge in [-0.05, 0) is 26.0 Å². The van der Waals surface area contributed by atoms with Crippen molar-refractivity contribution in [3.05, 3.63) is 50.4 Å². The fourth-order valence-electron chi connectivity index (χ4n) is 3.31. The summed E-state index contributed by atoms with van der Waals surface area (Å²) in [5, 5.41) is 17.5. The van der Waals surface area contributed by atoms with Crippen LogP contribution in [0.5, 0.6) is 0 Å². The van der Waals surface area contributed by atoms with Gasteiger partial charge in [-0.2, -0.15) is 0 Å². The number of benzene rings is 1. The number of rotatable bonds is 6. The number of anilines is 1.